The van der Waals surface area contributed by atoms with Gasteiger partial charge in [0.1, 0.15) is 5.69 Å². The summed E-state index contributed by atoms with van der Waals surface area (Å²) in [5, 5.41) is 2.83. The Bertz CT molecular complexity index is 962. The van der Waals surface area contributed by atoms with Crippen molar-refractivity contribution in [1.82, 2.24) is 9.97 Å². The van der Waals surface area contributed by atoms with Crippen LogP contribution in [0, 0.1) is 6.92 Å². The van der Waals surface area contributed by atoms with Gasteiger partial charge in [0.15, 0.2) is 0 Å². The Morgan fingerprint density at radius 1 is 1.12 bits per heavy atom. The molecule has 0 spiro atoms. The maximum absolute atomic E-state index is 12.3. The van der Waals surface area contributed by atoms with Gasteiger partial charge in [-0.3, -0.25) is 9.59 Å². The molecule has 0 radical (unpaired) electrons. The minimum atomic E-state index is -0.370. The third-order valence-corrected chi connectivity index (χ3v) is 3.78. The Kier molecular flexibility index (Phi) is 4.61. The minimum Gasteiger partial charge on any atom is -0.481 e. The number of rotatable bonds is 4. The number of aryl methyl sites for hydroxylation is 1. The highest BCUT2D eigenvalue weighted by atomic mass is 16.5. The summed E-state index contributed by atoms with van der Waals surface area (Å²) in [6.45, 7) is 1.90. The van der Waals surface area contributed by atoms with Gasteiger partial charge < -0.3 is 15.0 Å². The van der Waals surface area contributed by atoms with Crippen molar-refractivity contribution in [3.05, 3.63) is 76.3 Å². The van der Waals surface area contributed by atoms with E-state index in [1.807, 2.05) is 31.2 Å². The van der Waals surface area contributed by atoms with Gasteiger partial charge in [-0.2, -0.15) is 0 Å². The second-order valence-electron chi connectivity index (χ2n) is 5.50. The Morgan fingerprint density at radius 3 is 2.60 bits per heavy atom. The van der Waals surface area contributed by atoms with Crippen LogP contribution in [0.1, 0.15) is 16.1 Å². The Balaban J connectivity index is 1.88. The van der Waals surface area contributed by atoms with Gasteiger partial charge in [-0.1, -0.05) is 18.2 Å². The van der Waals surface area contributed by atoms with Crippen molar-refractivity contribution in [2.24, 2.45) is 0 Å². The lowest BCUT2D eigenvalue weighted by Gasteiger charge is -2.11. The molecule has 3 aromatic rings. The van der Waals surface area contributed by atoms with Crippen molar-refractivity contribution in [3.8, 4) is 17.0 Å². The van der Waals surface area contributed by atoms with E-state index in [9.17, 15) is 9.59 Å². The molecule has 25 heavy (non-hydrogen) atoms. The molecule has 3 rings (SSSR count). The predicted molar refractivity (Wildman–Crippen MR) is 96.0 cm³/mol. The maximum Gasteiger partial charge on any atom is 0.272 e. The highest BCUT2D eigenvalue weighted by Crippen LogP contribution is 2.26. The average molecular weight is 335 g/mol. The number of hydrogen-bond acceptors (Lipinski definition) is 4. The number of nitrogens with zero attached hydrogens (tertiary/aromatic N) is 1. The number of hydrogen-bond donors (Lipinski definition) is 2. The zero-order chi connectivity index (χ0) is 17.8. The summed E-state index contributed by atoms with van der Waals surface area (Å²) in [5.74, 6) is 0.170. The molecule has 2 heterocycles. The van der Waals surface area contributed by atoms with Gasteiger partial charge in [-0.25, -0.2) is 4.98 Å². The zero-order valence-electron chi connectivity index (χ0n) is 13.9. The first-order chi connectivity index (χ1) is 12.1. The molecule has 126 valence electrons. The van der Waals surface area contributed by atoms with Crippen LogP contribution in [0.25, 0.3) is 11.1 Å². The van der Waals surface area contributed by atoms with Crippen LogP contribution in [0.4, 0.5) is 5.69 Å². The zero-order valence-corrected chi connectivity index (χ0v) is 13.9. The van der Waals surface area contributed by atoms with Gasteiger partial charge >= 0.3 is 0 Å². The first-order valence-corrected chi connectivity index (χ1v) is 7.68. The summed E-state index contributed by atoms with van der Waals surface area (Å²) < 4.78 is 5.06. The molecule has 6 nitrogen and oxygen atoms in total. The van der Waals surface area contributed by atoms with Gasteiger partial charge in [0.05, 0.1) is 7.11 Å². The first-order valence-electron chi connectivity index (χ1n) is 7.68. The van der Waals surface area contributed by atoms with E-state index in [2.05, 4.69) is 15.3 Å². The van der Waals surface area contributed by atoms with E-state index in [-0.39, 0.29) is 17.2 Å². The van der Waals surface area contributed by atoms with E-state index in [1.54, 1.807) is 31.5 Å². The number of aromatic nitrogens is 2. The van der Waals surface area contributed by atoms with Crippen molar-refractivity contribution < 1.29 is 9.53 Å². The van der Waals surface area contributed by atoms with E-state index >= 15 is 0 Å². The molecule has 0 fully saturated rings. The fourth-order valence-electron chi connectivity index (χ4n) is 2.38. The third kappa shape index (κ3) is 3.74. The monoisotopic (exact) mass is 335 g/mol. The molecule has 2 aromatic heterocycles. The van der Waals surface area contributed by atoms with Crippen LogP contribution in [-0.4, -0.2) is 23.0 Å². The summed E-state index contributed by atoms with van der Waals surface area (Å²) >= 11 is 0. The van der Waals surface area contributed by atoms with Crippen molar-refractivity contribution in [1.29, 1.82) is 0 Å². The topological polar surface area (TPSA) is 84.1 Å². The number of carbonyl (C=O) groups is 1. The lowest BCUT2D eigenvalue weighted by Crippen LogP contribution is -2.18. The van der Waals surface area contributed by atoms with Crippen LogP contribution < -0.4 is 15.6 Å². The molecule has 0 saturated heterocycles. The van der Waals surface area contributed by atoms with Crippen LogP contribution in [0.2, 0.25) is 0 Å². The van der Waals surface area contributed by atoms with Gasteiger partial charge in [-0.05, 0) is 36.2 Å². The molecule has 0 aliphatic carbocycles. The molecule has 6 heteroatoms. The lowest BCUT2D eigenvalue weighted by atomic mass is 10.0. The number of carbonyl (C=O) groups excluding carboxylic acids is 1. The van der Waals surface area contributed by atoms with Gasteiger partial charge in [-0.15, -0.1) is 0 Å². The summed E-state index contributed by atoms with van der Waals surface area (Å²) in [6, 6.07) is 13.9. The summed E-state index contributed by atoms with van der Waals surface area (Å²) in [4.78, 5) is 30.4. The van der Waals surface area contributed by atoms with Gasteiger partial charge in [0, 0.05) is 29.6 Å². The number of amides is 1. The molecule has 0 bridgehead atoms. The van der Waals surface area contributed by atoms with Crippen LogP contribution in [0.3, 0.4) is 0 Å². The van der Waals surface area contributed by atoms with Crippen molar-refractivity contribution >= 4 is 11.6 Å². The number of anilines is 1. The van der Waals surface area contributed by atoms with Crippen molar-refractivity contribution in [2.45, 2.75) is 6.92 Å². The Labute approximate surface area is 144 Å². The van der Waals surface area contributed by atoms with Crippen LogP contribution in [-0.2, 0) is 0 Å². The number of H-pyrrole nitrogens is 1. The number of benzene rings is 1. The van der Waals surface area contributed by atoms with Crippen LogP contribution in [0.15, 0.2) is 59.5 Å². The Morgan fingerprint density at radius 2 is 1.92 bits per heavy atom. The predicted octanol–water partition coefficient (Wildman–Crippen LogP) is 3.01. The Hall–Kier alpha value is -3.41. The van der Waals surface area contributed by atoms with Crippen molar-refractivity contribution in [3.63, 3.8) is 0 Å². The molecule has 0 saturated carbocycles. The number of pyridine rings is 2. The highest BCUT2D eigenvalue weighted by molar-refractivity contribution is 6.03. The third-order valence-electron chi connectivity index (χ3n) is 3.78. The van der Waals surface area contributed by atoms with Crippen LogP contribution >= 0.6 is 0 Å². The van der Waals surface area contributed by atoms with E-state index in [1.165, 1.54) is 6.07 Å². The number of methoxy groups -OCH3 is 1. The average Bonchev–Trinajstić information content (AvgIpc) is 2.63. The van der Waals surface area contributed by atoms with Crippen molar-refractivity contribution in [2.75, 3.05) is 12.4 Å². The fourth-order valence-corrected chi connectivity index (χ4v) is 2.38. The van der Waals surface area contributed by atoms with E-state index in [0.29, 0.717) is 11.6 Å². The number of aromatic amines is 1. The summed E-state index contributed by atoms with van der Waals surface area (Å²) in [7, 11) is 1.56. The molecular formula is C19H17N3O3. The van der Waals surface area contributed by atoms with E-state index in [4.69, 9.17) is 4.74 Å². The second kappa shape index (κ2) is 7.00. The highest BCUT2D eigenvalue weighted by Gasteiger charge is 2.10. The summed E-state index contributed by atoms with van der Waals surface area (Å²) in [6.07, 6.45) is 1.71. The van der Waals surface area contributed by atoms with E-state index < -0.39 is 0 Å². The molecular weight excluding hydrogens is 318 g/mol. The number of nitrogens with one attached hydrogen (secondary N) is 2. The largest absolute Gasteiger partial charge is 0.481 e. The minimum absolute atomic E-state index is 0.211. The normalized spacial score (nSPS) is 10.3. The SMILES string of the molecule is COc1ccc(-c2ccc(C)c(NC(=O)c3cccc(=O)[nH]3)c2)cn1. The van der Waals surface area contributed by atoms with E-state index in [0.717, 1.165) is 16.7 Å². The first kappa shape index (κ1) is 16.4. The molecule has 1 aromatic carbocycles. The molecule has 0 atom stereocenters. The molecule has 0 aliphatic heterocycles. The summed E-state index contributed by atoms with van der Waals surface area (Å²) in [5.41, 5.74) is 3.30. The quantitative estimate of drug-likeness (QED) is 0.767. The smallest absolute Gasteiger partial charge is 0.272 e. The molecule has 2 N–H and O–H groups in total. The van der Waals surface area contributed by atoms with Gasteiger partial charge in [0.25, 0.3) is 5.91 Å². The van der Waals surface area contributed by atoms with Gasteiger partial charge in [0.2, 0.25) is 11.4 Å². The maximum atomic E-state index is 12.3. The molecule has 0 aliphatic rings. The fraction of sp³-hybridized carbons (Fsp3) is 0.105. The molecule has 1 amide bonds. The standard InChI is InChI=1S/C19H17N3O3/c1-12-6-7-13(14-8-9-18(25-2)20-11-14)10-16(12)22-19(24)15-4-3-5-17(23)21-15/h3-11H,1-2H3,(H,21,23)(H,22,24). The molecule has 0 unspecified atom stereocenters. The van der Waals surface area contributed by atoms with Crippen LogP contribution in [0.5, 0.6) is 5.88 Å². The lowest BCUT2D eigenvalue weighted by molar-refractivity contribution is 0.102. The number of ether oxygens (including phenoxy) is 1. The second-order valence-corrected chi connectivity index (χ2v) is 5.50.